The Balaban J connectivity index is 1.31. The zero-order chi connectivity index (χ0) is 25.6. The SMILES string of the molecule is O=C(NC(c1ccc(F)cc1)c1cc(F)ccc1O)c1cc(C#CC23CCN(CC2)CC3)n(C2CC2)n1. The average molecular weight is 503 g/mol. The van der Waals surface area contributed by atoms with Gasteiger partial charge in [0.05, 0.1) is 12.1 Å². The maximum Gasteiger partial charge on any atom is 0.272 e. The van der Waals surface area contributed by atoms with Crippen LogP contribution in [0.3, 0.4) is 0 Å². The van der Waals surface area contributed by atoms with Crippen molar-refractivity contribution < 1.29 is 18.7 Å². The number of rotatable bonds is 5. The van der Waals surface area contributed by atoms with Crippen LogP contribution in [-0.4, -0.2) is 45.3 Å². The van der Waals surface area contributed by atoms with Gasteiger partial charge in [0.25, 0.3) is 5.91 Å². The maximum atomic E-state index is 14.1. The molecule has 190 valence electrons. The number of phenols is 1. The molecule has 1 amide bonds. The molecule has 0 spiro atoms. The monoisotopic (exact) mass is 502 g/mol. The van der Waals surface area contributed by atoms with Crippen LogP contribution in [0.5, 0.6) is 5.75 Å². The third-order valence-corrected chi connectivity index (χ3v) is 7.82. The van der Waals surface area contributed by atoms with Crippen LogP contribution in [0.2, 0.25) is 0 Å². The molecule has 1 aliphatic carbocycles. The van der Waals surface area contributed by atoms with E-state index in [-0.39, 0.29) is 28.5 Å². The number of benzene rings is 2. The number of nitrogens with zero attached hydrogens (tertiary/aromatic N) is 3. The second-order valence-corrected chi connectivity index (χ2v) is 10.4. The Morgan fingerprint density at radius 3 is 2.38 bits per heavy atom. The molecule has 2 N–H and O–H groups in total. The summed E-state index contributed by atoms with van der Waals surface area (Å²) in [7, 11) is 0. The summed E-state index contributed by atoms with van der Waals surface area (Å²) in [5, 5.41) is 17.9. The van der Waals surface area contributed by atoms with Crippen molar-refractivity contribution in [2.45, 2.75) is 44.2 Å². The van der Waals surface area contributed by atoms with E-state index < -0.39 is 23.6 Å². The van der Waals surface area contributed by atoms with Gasteiger partial charge in [0, 0.05) is 17.0 Å². The Kier molecular flexibility index (Phi) is 5.96. The lowest BCUT2D eigenvalue weighted by molar-refractivity contribution is 0.0680. The van der Waals surface area contributed by atoms with Gasteiger partial charge in [0.1, 0.15) is 23.1 Å². The van der Waals surface area contributed by atoms with Crippen LogP contribution in [-0.2, 0) is 0 Å². The minimum Gasteiger partial charge on any atom is -0.508 e. The first kappa shape index (κ1) is 23.7. The van der Waals surface area contributed by atoms with E-state index in [4.69, 9.17) is 0 Å². The highest BCUT2D eigenvalue weighted by Gasteiger charge is 2.38. The molecule has 8 heteroatoms. The van der Waals surface area contributed by atoms with Crippen LogP contribution < -0.4 is 5.32 Å². The molecule has 4 heterocycles. The van der Waals surface area contributed by atoms with Gasteiger partial charge >= 0.3 is 0 Å². The second-order valence-electron chi connectivity index (χ2n) is 10.4. The van der Waals surface area contributed by atoms with Gasteiger partial charge < -0.3 is 15.3 Å². The third kappa shape index (κ3) is 4.84. The van der Waals surface area contributed by atoms with E-state index in [0.29, 0.717) is 5.56 Å². The molecule has 37 heavy (non-hydrogen) atoms. The molecule has 2 aromatic carbocycles. The van der Waals surface area contributed by atoms with E-state index in [1.165, 1.54) is 30.3 Å². The first-order valence-corrected chi connectivity index (χ1v) is 12.8. The molecule has 2 bridgehead atoms. The van der Waals surface area contributed by atoms with Crippen molar-refractivity contribution in [3.8, 4) is 17.6 Å². The fraction of sp³-hybridized carbons (Fsp3) is 0.379. The van der Waals surface area contributed by atoms with Crippen LogP contribution in [0.15, 0.2) is 48.5 Å². The third-order valence-electron chi connectivity index (χ3n) is 7.82. The van der Waals surface area contributed by atoms with Crippen molar-refractivity contribution in [2.75, 3.05) is 19.6 Å². The highest BCUT2D eigenvalue weighted by molar-refractivity contribution is 5.93. The average Bonchev–Trinajstić information content (AvgIpc) is 3.68. The Morgan fingerprint density at radius 2 is 1.70 bits per heavy atom. The quantitative estimate of drug-likeness (QED) is 0.502. The Labute approximate surface area is 214 Å². The molecule has 4 fully saturated rings. The second kappa shape index (κ2) is 9.31. The summed E-state index contributed by atoms with van der Waals surface area (Å²) in [6, 6.07) is 10.1. The van der Waals surface area contributed by atoms with Gasteiger partial charge in [-0.15, -0.1) is 0 Å². The summed E-state index contributed by atoms with van der Waals surface area (Å²) in [6.07, 6.45) is 5.20. The smallest absolute Gasteiger partial charge is 0.272 e. The van der Waals surface area contributed by atoms with Gasteiger partial charge in [-0.25, -0.2) is 8.78 Å². The molecule has 4 aliphatic rings. The van der Waals surface area contributed by atoms with Crippen molar-refractivity contribution in [3.63, 3.8) is 0 Å². The van der Waals surface area contributed by atoms with Crippen LogP contribution in [0.25, 0.3) is 0 Å². The molecular weight excluding hydrogens is 474 g/mol. The fourth-order valence-corrected chi connectivity index (χ4v) is 5.36. The summed E-state index contributed by atoms with van der Waals surface area (Å²) in [6.45, 7) is 3.26. The summed E-state index contributed by atoms with van der Waals surface area (Å²) >= 11 is 0. The number of hydrogen-bond acceptors (Lipinski definition) is 4. The topological polar surface area (TPSA) is 70.4 Å². The van der Waals surface area contributed by atoms with Crippen molar-refractivity contribution >= 4 is 5.91 Å². The largest absolute Gasteiger partial charge is 0.508 e. The zero-order valence-corrected chi connectivity index (χ0v) is 20.4. The van der Waals surface area contributed by atoms with E-state index in [2.05, 4.69) is 27.2 Å². The number of hydrogen-bond donors (Lipinski definition) is 2. The van der Waals surface area contributed by atoms with Crippen LogP contribution >= 0.6 is 0 Å². The van der Waals surface area contributed by atoms with E-state index in [0.717, 1.165) is 69.6 Å². The highest BCUT2D eigenvalue weighted by Crippen LogP contribution is 2.40. The number of fused-ring (bicyclic) bond motifs is 3. The number of halogens is 2. The van der Waals surface area contributed by atoms with Gasteiger partial charge in [-0.1, -0.05) is 18.1 Å². The molecule has 3 aliphatic heterocycles. The molecule has 0 radical (unpaired) electrons. The Morgan fingerprint density at radius 1 is 1.03 bits per heavy atom. The molecule has 6 nitrogen and oxygen atoms in total. The minimum atomic E-state index is -0.907. The first-order valence-electron chi connectivity index (χ1n) is 12.8. The standard InChI is InChI=1S/C29H28F2N4O2/c30-20-3-1-19(2-4-20)27(24-17-21(31)5-8-26(24)36)32-28(37)25-18-23(35(33-25)22-6-7-22)9-10-29-11-14-34(15-12-29)16-13-29/h1-5,8,17-18,22,27,36H,6-7,11-16H2,(H,32,37). The van der Waals surface area contributed by atoms with Gasteiger partial charge in [-0.3, -0.25) is 9.48 Å². The fourth-order valence-electron chi connectivity index (χ4n) is 5.36. The lowest BCUT2D eigenvalue weighted by Gasteiger charge is -2.45. The van der Waals surface area contributed by atoms with Crippen LogP contribution in [0.4, 0.5) is 8.78 Å². The molecule has 1 aromatic heterocycles. The number of aromatic hydroxyl groups is 1. The van der Waals surface area contributed by atoms with Crippen molar-refractivity contribution in [2.24, 2.45) is 5.41 Å². The summed E-state index contributed by atoms with van der Waals surface area (Å²) in [5.41, 5.74) is 1.64. The Bertz CT molecular complexity index is 1380. The predicted octanol–water partition coefficient (Wildman–Crippen LogP) is 4.56. The summed E-state index contributed by atoms with van der Waals surface area (Å²) < 4.78 is 29.5. The number of phenolic OH excluding ortho intramolecular Hbond substituents is 1. The molecule has 3 saturated heterocycles. The summed E-state index contributed by atoms with van der Waals surface area (Å²) in [5.74, 6) is 5.25. The number of piperidine rings is 3. The number of nitrogens with one attached hydrogen (secondary N) is 1. The molecule has 3 aromatic rings. The van der Waals surface area contributed by atoms with Crippen molar-refractivity contribution in [1.82, 2.24) is 20.0 Å². The van der Waals surface area contributed by atoms with Gasteiger partial charge in [-0.2, -0.15) is 5.10 Å². The number of carbonyl (C=O) groups is 1. The van der Waals surface area contributed by atoms with E-state index in [1.807, 2.05) is 4.68 Å². The number of amides is 1. The molecule has 1 atom stereocenters. The van der Waals surface area contributed by atoms with E-state index >= 15 is 0 Å². The summed E-state index contributed by atoms with van der Waals surface area (Å²) in [4.78, 5) is 15.9. The molecule has 7 rings (SSSR count). The maximum absolute atomic E-state index is 14.1. The van der Waals surface area contributed by atoms with E-state index in [1.54, 1.807) is 6.07 Å². The molecule has 1 saturated carbocycles. The van der Waals surface area contributed by atoms with Crippen LogP contribution in [0.1, 0.15) is 71.5 Å². The van der Waals surface area contributed by atoms with Gasteiger partial charge in [0.2, 0.25) is 0 Å². The Hall–Kier alpha value is -3.70. The lowest BCUT2D eigenvalue weighted by Crippen LogP contribution is -2.47. The van der Waals surface area contributed by atoms with Crippen molar-refractivity contribution in [3.05, 3.63) is 82.7 Å². The molecular formula is C29H28F2N4O2. The number of carbonyl (C=O) groups excluding carboxylic acids is 1. The van der Waals surface area contributed by atoms with Crippen molar-refractivity contribution in [1.29, 1.82) is 0 Å². The lowest BCUT2D eigenvalue weighted by atomic mass is 9.72. The van der Waals surface area contributed by atoms with Gasteiger partial charge in [0.15, 0.2) is 5.69 Å². The normalized spacial score (nSPS) is 23.2. The molecule has 1 unspecified atom stereocenters. The first-order chi connectivity index (χ1) is 17.9. The van der Waals surface area contributed by atoms with Gasteiger partial charge in [-0.05, 0) is 93.6 Å². The zero-order valence-electron chi connectivity index (χ0n) is 20.4. The minimum absolute atomic E-state index is 0.0401. The van der Waals surface area contributed by atoms with Crippen LogP contribution in [0, 0.1) is 28.9 Å². The predicted molar refractivity (Wildman–Crippen MR) is 134 cm³/mol. The van der Waals surface area contributed by atoms with E-state index in [9.17, 15) is 18.7 Å². The highest BCUT2D eigenvalue weighted by atomic mass is 19.1. The number of aromatic nitrogens is 2.